The molecule has 0 aliphatic heterocycles. The summed E-state index contributed by atoms with van der Waals surface area (Å²) in [6.07, 6.45) is 0. The van der Waals surface area contributed by atoms with Crippen LogP contribution in [0.2, 0.25) is 0 Å². The lowest BCUT2D eigenvalue weighted by Gasteiger charge is -2.12. The Morgan fingerprint density at radius 1 is 1.47 bits per heavy atom. The van der Waals surface area contributed by atoms with Crippen molar-refractivity contribution in [2.24, 2.45) is 0 Å². The first-order chi connectivity index (χ1) is 7.02. The second-order valence-corrected chi connectivity index (χ2v) is 3.17. The minimum absolute atomic E-state index is 0.180. The fraction of sp³-hybridized carbons (Fsp3) is 0.444. The molecule has 0 aliphatic carbocycles. The van der Waals surface area contributed by atoms with Crippen LogP contribution in [0.1, 0.15) is 6.92 Å². The van der Waals surface area contributed by atoms with Crippen LogP contribution in [0, 0.1) is 0 Å². The van der Waals surface area contributed by atoms with Crippen molar-refractivity contribution in [3.63, 3.8) is 0 Å². The van der Waals surface area contributed by atoms with Crippen LogP contribution in [0.5, 0.6) is 5.88 Å². The van der Waals surface area contributed by atoms with Gasteiger partial charge in [-0.15, -0.1) is 0 Å². The Labute approximate surface area is 88.3 Å². The van der Waals surface area contributed by atoms with Crippen LogP contribution in [0.3, 0.4) is 0 Å². The summed E-state index contributed by atoms with van der Waals surface area (Å²) in [6.45, 7) is 1.42. The summed E-state index contributed by atoms with van der Waals surface area (Å²) < 4.78 is 5.00. The van der Waals surface area contributed by atoms with Gasteiger partial charge in [-0.3, -0.25) is 4.79 Å². The number of hydrogen-bond donors (Lipinski definition) is 1. The van der Waals surface area contributed by atoms with E-state index in [0.717, 1.165) is 0 Å². The summed E-state index contributed by atoms with van der Waals surface area (Å²) in [5.41, 5.74) is 0. The van der Waals surface area contributed by atoms with Crippen LogP contribution in [0.4, 0.5) is 11.8 Å². The number of aromatic nitrogens is 2. The van der Waals surface area contributed by atoms with Crippen LogP contribution in [-0.4, -0.2) is 37.1 Å². The molecule has 6 heteroatoms. The summed E-state index contributed by atoms with van der Waals surface area (Å²) in [5.74, 6) is 1.15. The third kappa shape index (κ3) is 3.08. The fourth-order valence-electron chi connectivity index (χ4n) is 0.962. The molecule has 82 valence electrons. The number of methoxy groups -OCH3 is 1. The van der Waals surface area contributed by atoms with E-state index < -0.39 is 0 Å². The molecule has 1 N–H and O–H groups in total. The van der Waals surface area contributed by atoms with Crippen molar-refractivity contribution >= 4 is 17.7 Å². The highest BCUT2D eigenvalue weighted by molar-refractivity contribution is 5.87. The van der Waals surface area contributed by atoms with Crippen molar-refractivity contribution < 1.29 is 9.53 Å². The van der Waals surface area contributed by atoms with Crippen LogP contribution in [-0.2, 0) is 4.79 Å². The molecule has 1 heterocycles. The van der Waals surface area contributed by atoms with Gasteiger partial charge in [0.2, 0.25) is 17.7 Å². The number of ether oxygens (including phenoxy) is 1. The zero-order chi connectivity index (χ0) is 11.4. The molecule has 15 heavy (non-hydrogen) atoms. The van der Waals surface area contributed by atoms with E-state index in [1.807, 2.05) is 14.1 Å². The van der Waals surface area contributed by atoms with E-state index in [2.05, 4.69) is 15.3 Å². The quantitative estimate of drug-likeness (QED) is 0.787. The van der Waals surface area contributed by atoms with Gasteiger partial charge in [-0.05, 0) is 0 Å². The van der Waals surface area contributed by atoms with E-state index in [-0.39, 0.29) is 5.91 Å². The van der Waals surface area contributed by atoms with E-state index in [1.54, 1.807) is 11.0 Å². The van der Waals surface area contributed by atoms with E-state index in [9.17, 15) is 4.79 Å². The van der Waals surface area contributed by atoms with Crippen LogP contribution < -0.4 is 15.0 Å². The summed E-state index contributed by atoms with van der Waals surface area (Å²) in [6, 6.07) is 1.56. The molecule has 0 aliphatic rings. The molecule has 1 aromatic rings. The largest absolute Gasteiger partial charge is 0.481 e. The number of nitrogens with zero attached hydrogens (tertiary/aromatic N) is 3. The molecule has 0 atom stereocenters. The summed E-state index contributed by atoms with van der Waals surface area (Å²) in [5, 5.41) is 2.58. The highest BCUT2D eigenvalue weighted by Crippen LogP contribution is 2.16. The smallest absolute Gasteiger partial charge is 0.230 e. The number of hydrogen-bond acceptors (Lipinski definition) is 5. The monoisotopic (exact) mass is 210 g/mol. The van der Waals surface area contributed by atoms with Crippen LogP contribution in [0.15, 0.2) is 6.07 Å². The zero-order valence-corrected chi connectivity index (χ0v) is 9.24. The number of carbonyl (C=O) groups excluding carboxylic acids is 1. The second-order valence-electron chi connectivity index (χ2n) is 3.17. The number of amides is 1. The SMILES string of the molecule is COc1cc(NC(C)=O)nc(N(C)C)n1. The molecule has 1 rings (SSSR count). The maximum Gasteiger partial charge on any atom is 0.230 e. The molecule has 0 saturated carbocycles. The Morgan fingerprint density at radius 3 is 2.60 bits per heavy atom. The topological polar surface area (TPSA) is 67.3 Å². The van der Waals surface area contributed by atoms with Gasteiger partial charge < -0.3 is 15.0 Å². The van der Waals surface area contributed by atoms with E-state index >= 15 is 0 Å². The molecular weight excluding hydrogens is 196 g/mol. The molecule has 1 amide bonds. The summed E-state index contributed by atoms with van der Waals surface area (Å²) in [4.78, 5) is 20.8. The zero-order valence-electron chi connectivity index (χ0n) is 9.24. The predicted molar refractivity (Wildman–Crippen MR) is 57.2 cm³/mol. The molecule has 6 nitrogen and oxygen atoms in total. The molecule has 0 aromatic carbocycles. The molecule has 1 aromatic heterocycles. The third-order valence-corrected chi connectivity index (χ3v) is 1.60. The predicted octanol–water partition coefficient (Wildman–Crippen LogP) is 0.510. The minimum atomic E-state index is -0.180. The highest BCUT2D eigenvalue weighted by atomic mass is 16.5. The standard InChI is InChI=1S/C9H14N4O2/c1-6(14)10-7-5-8(15-4)12-9(11-7)13(2)3/h5H,1-4H3,(H,10,11,12,14). The van der Waals surface area contributed by atoms with Gasteiger partial charge in [0.15, 0.2) is 0 Å². The van der Waals surface area contributed by atoms with Gasteiger partial charge in [-0.1, -0.05) is 0 Å². The average Bonchev–Trinajstić information content (AvgIpc) is 2.16. The highest BCUT2D eigenvalue weighted by Gasteiger charge is 2.07. The Hall–Kier alpha value is -1.85. The van der Waals surface area contributed by atoms with Crippen molar-refractivity contribution in [2.45, 2.75) is 6.92 Å². The maximum atomic E-state index is 10.9. The van der Waals surface area contributed by atoms with E-state index in [4.69, 9.17) is 4.74 Å². The molecular formula is C9H14N4O2. The molecule has 0 saturated heterocycles. The number of nitrogens with one attached hydrogen (secondary N) is 1. The lowest BCUT2D eigenvalue weighted by atomic mass is 10.5. The third-order valence-electron chi connectivity index (χ3n) is 1.60. The van der Waals surface area contributed by atoms with Crippen LogP contribution >= 0.6 is 0 Å². The Kier molecular flexibility index (Phi) is 3.43. The van der Waals surface area contributed by atoms with Gasteiger partial charge in [0.1, 0.15) is 5.82 Å². The Balaban J connectivity index is 3.05. The van der Waals surface area contributed by atoms with Crippen molar-refractivity contribution in [3.05, 3.63) is 6.07 Å². The Morgan fingerprint density at radius 2 is 2.13 bits per heavy atom. The Bertz CT molecular complexity index is 365. The molecule has 0 spiro atoms. The fourth-order valence-corrected chi connectivity index (χ4v) is 0.962. The minimum Gasteiger partial charge on any atom is -0.481 e. The first-order valence-corrected chi connectivity index (χ1v) is 4.41. The van der Waals surface area contributed by atoms with Gasteiger partial charge >= 0.3 is 0 Å². The molecule has 0 bridgehead atoms. The summed E-state index contributed by atoms with van der Waals surface area (Å²) >= 11 is 0. The first-order valence-electron chi connectivity index (χ1n) is 4.41. The van der Waals surface area contributed by atoms with Crippen molar-refractivity contribution in [1.82, 2.24) is 9.97 Å². The molecule has 0 radical (unpaired) electrons. The van der Waals surface area contributed by atoms with E-state index in [1.165, 1.54) is 14.0 Å². The van der Waals surface area contributed by atoms with Gasteiger partial charge in [-0.25, -0.2) is 0 Å². The lowest BCUT2D eigenvalue weighted by molar-refractivity contribution is -0.114. The van der Waals surface area contributed by atoms with Crippen molar-refractivity contribution in [1.29, 1.82) is 0 Å². The normalized spacial score (nSPS) is 9.60. The molecule has 0 unspecified atom stereocenters. The van der Waals surface area contributed by atoms with Gasteiger partial charge in [0, 0.05) is 27.1 Å². The van der Waals surface area contributed by atoms with Gasteiger partial charge in [0.25, 0.3) is 0 Å². The summed E-state index contributed by atoms with van der Waals surface area (Å²) in [7, 11) is 5.14. The number of rotatable bonds is 3. The first kappa shape index (κ1) is 11.2. The number of carbonyl (C=O) groups is 1. The average molecular weight is 210 g/mol. The van der Waals surface area contributed by atoms with Gasteiger partial charge in [-0.2, -0.15) is 9.97 Å². The maximum absolute atomic E-state index is 10.9. The van der Waals surface area contributed by atoms with E-state index in [0.29, 0.717) is 17.6 Å². The second kappa shape index (κ2) is 4.59. The van der Waals surface area contributed by atoms with Gasteiger partial charge in [0.05, 0.1) is 7.11 Å². The van der Waals surface area contributed by atoms with Crippen molar-refractivity contribution in [3.8, 4) is 5.88 Å². The lowest BCUT2D eigenvalue weighted by Crippen LogP contribution is -2.15. The molecule has 0 fully saturated rings. The number of anilines is 2. The van der Waals surface area contributed by atoms with Crippen molar-refractivity contribution in [2.75, 3.05) is 31.4 Å². The van der Waals surface area contributed by atoms with Crippen LogP contribution in [0.25, 0.3) is 0 Å².